The average Bonchev–Trinajstić information content (AvgIpc) is 3.14. The molecule has 1 N–H and O–H groups in total. The van der Waals surface area contributed by atoms with Gasteiger partial charge in [0.15, 0.2) is 0 Å². The number of rotatable bonds is 2. The second-order valence-electron chi connectivity index (χ2n) is 5.90. The van der Waals surface area contributed by atoms with Gasteiger partial charge in [0.25, 0.3) is 0 Å². The van der Waals surface area contributed by atoms with Gasteiger partial charge in [0, 0.05) is 16.7 Å². The summed E-state index contributed by atoms with van der Waals surface area (Å²) in [6.45, 7) is 0. The van der Waals surface area contributed by atoms with Crippen LogP contribution in [-0.4, -0.2) is 21.2 Å². The largest absolute Gasteiger partial charge is 0.337 e. The average molecular weight is 349 g/mol. The molecule has 2 aromatic heterocycles. The number of halogens is 1. The van der Waals surface area contributed by atoms with E-state index in [4.69, 9.17) is 4.52 Å². The van der Waals surface area contributed by atoms with Crippen LogP contribution in [-0.2, 0) is 0 Å². The van der Waals surface area contributed by atoms with Gasteiger partial charge in [-0.1, -0.05) is 18.0 Å². The van der Waals surface area contributed by atoms with E-state index < -0.39 is 0 Å². The van der Waals surface area contributed by atoms with Crippen LogP contribution in [0.2, 0.25) is 0 Å². The topological polar surface area (TPSA) is 63.8 Å². The SMILES string of the molecule is Brc1cccnc1-c1noc(C2CC3CCCCC3N2)n1. The van der Waals surface area contributed by atoms with Gasteiger partial charge in [0.1, 0.15) is 5.69 Å². The van der Waals surface area contributed by atoms with Crippen molar-refractivity contribution in [3.8, 4) is 11.5 Å². The summed E-state index contributed by atoms with van der Waals surface area (Å²) in [6, 6.07) is 4.63. The van der Waals surface area contributed by atoms with Gasteiger partial charge in [-0.05, 0) is 53.2 Å². The summed E-state index contributed by atoms with van der Waals surface area (Å²) in [5.41, 5.74) is 0.725. The number of fused-ring (bicyclic) bond motifs is 1. The molecule has 4 rings (SSSR count). The van der Waals surface area contributed by atoms with E-state index in [1.165, 1.54) is 25.7 Å². The summed E-state index contributed by atoms with van der Waals surface area (Å²) in [5.74, 6) is 2.01. The Balaban J connectivity index is 1.56. The summed E-state index contributed by atoms with van der Waals surface area (Å²) >= 11 is 3.48. The zero-order valence-electron chi connectivity index (χ0n) is 11.6. The lowest BCUT2D eigenvalue weighted by Gasteiger charge is -2.24. The minimum atomic E-state index is 0.196. The second-order valence-corrected chi connectivity index (χ2v) is 6.75. The van der Waals surface area contributed by atoms with Gasteiger partial charge < -0.3 is 9.84 Å². The van der Waals surface area contributed by atoms with Crippen molar-refractivity contribution in [2.45, 2.75) is 44.2 Å². The molecule has 0 radical (unpaired) electrons. The Morgan fingerprint density at radius 3 is 3.05 bits per heavy atom. The van der Waals surface area contributed by atoms with Gasteiger partial charge in [-0.3, -0.25) is 4.98 Å². The first-order valence-corrected chi connectivity index (χ1v) is 8.31. The fourth-order valence-corrected chi connectivity index (χ4v) is 3.97. The van der Waals surface area contributed by atoms with E-state index in [1.807, 2.05) is 12.1 Å². The highest BCUT2D eigenvalue weighted by atomic mass is 79.9. The fourth-order valence-electron chi connectivity index (χ4n) is 3.53. The summed E-state index contributed by atoms with van der Waals surface area (Å²) in [6.07, 6.45) is 8.12. The van der Waals surface area contributed by atoms with E-state index in [9.17, 15) is 0 Å². The molecule has 0 amide bonds. The van der Waals surface area contributed by atoms with Crippen LogP contribution in [0.4, 0.5) is 0 Å². The molecular weight excluding hydrogens is 332 g/mol. The van der Waals surface area contributed by atoms with E-state index >= 15 is 0 Å². The van der Waals surface area contributed by atoms with Crippen molar-refractivity contribution >= 4 is 15.9 Å². The molecule has 6 heteroatoms. The third-order valence-corrected chi connectivity index (χ3v) is 5.21. The normalized spacial score (nSPS) is 28.5. The summed E-state index contributed by atoms with van der Waals surface area (Å²) < 4.78 is 6.36. The molecule has 2 aromatic rings. The zero-order chi connectivity index (χ0) is 14.2. The molecule has 3 unspecified atom stereocenters. The first-order valence-electron chi connectivity index (χ1n) is 7.52. The molecule has 0 aromatic carbocycles. The Bertz CT molecular complexity index is 630. The number of aromatic nitrogens is 3. The quantitative estimate of drug-likeness (QED) is 0.899. The van der Waals surface area contributed by atoms with Crippen LogP contribution >= 0.6 is 15.9 Å². The number of nitrogens with one attached hydrogen (secondary N) is 1. The van der Waals surface area contributed by atoms with Gasteiger partial charge in [-0.2, -0.15) is 4.98 Å². The Labute approximate surface area is 131 Å². The summed E-state index contributed by atoms with van der Waals surface area (Å²) in [5, 5.41) is 7.75. The minimum absolute atomic E-state index is 0.196. The number of pyridine rings is 1. The van der Waals surface area contributed by atoms with E-state index in [1.54, 1.807) is 6.20 Å². The zero-order valence-corrected chi connectivity index (χ0v) is 13.2. The van der Waals surface area contributed by atoms with Crippen LogP contribution in [0.15, 0.2) is 27.3 Å². The maximum Gasteiger partial charge on any atom is 0.244 e. The molecule has 110 valence electrons. The highest BCUT2D eigenvalue weighted by Crippen LogP contribution is 2.39. The number of hydrogen-bond donors (Lipinski definition) is 1. The van der Waals surface area contributed by atoms with Gasteiger partial charge in [0.05, 0.1) is 6.04 Å². The molecule has 2 aliphatic rings. The molecule has 1 saturated carbocycles. The third kappa shape index (κ3) is 2.51. The smallest absolute Gasteiger partial charge is 0.244 e. The summed E-state index contributed by atoms with van der Waals surface area (Å²) in [7, 11) is 0. The van der Waals surface area contributed by atoms with Crippen molar-refractivity contribution in [1.29, 1.82) is 0 Å². The molecule has 3 heterocycles. The van der Waals surface area contributed by atoms with Crippen molar-refractivity contribution in [2.75, 3.05) is 0 Å². The molecule has 1 aliphatic carbocycles. The van der Waals surface area contributed by atoms with Gasteiger partial charge in [0.2, 0.25) is 11.7 Å². The van der Waals surface area contributed by atoms with Crippen LogP contribution in [0.25, 0.3) is 11.5 Å². The number of hydrogen-bond acceptors (Lipinski definition) is 5. The Morgan fingerprint density at radius 1 is 1.29 bits per heavy atom. The lowest BCUT2D eigenvalue weighted by atomic mass is 9.85. The highest BCUT2D eigenvalue weighted by molar-refractivity contribution is 9.10. The molecule has 1 aliphatic heterocycles. The lowest BCUT2D eigenvalue weighted by molar-refractivity contribution is 0.324. The second kappa shape index (κ2) is 5.50. The Kier molecular flexibility index (Phi) is 3.51. The first kappa shape index (κ1) is 13.4. The summed E-state index contributed by atoms with van der Waals surface area (Å²) in [4.78, 5) is 8.86. The predicted octanol–water partition coefficient (Wildman–Crippen LogP) is 3.49. The van der Waals surface area contributed by atoms with Gasteiger partial charge in [-0.25, -0.2) is 0 Å². The van der Waals surface area contributed by atoms with Gasteiger partial charge in [-0.15, -0.1) is 0 Å². The van der Waals surface area contributed by atoms with Crippen molar-refractivity contribution in [3.63, 3.8) is 0 Å². The van der Waals surface area contributed by atoms with E-state index in [0.717, 1.165) is 22.5 Å². The maximum absolute atomic E-state index is 5.48. The lowest BCUT2D eigenvalue weighted by Crippen LogP contribution is -2.30. The molecule has 0 spiro atoms. The first-order chi connectivity index (χ1) is 10.3. The standard InChI is InChI=1S/C15H17BrN4O/c16-10-5-3-7-17-13(10)14-19-15(21-20-14)12-8-9-4-1-2-6-11(9)18-12/h3,5,7,9,11-12,18H,1-2,4,6,8H2. The molecule has 2 fully saturated rings. The Morgan fingerprint density at radius 2 is 2.19 bits per heavy atom. The third-order valence-electron chi connectivity index (χ3n) is 4.57. The van der Waals surface area contributed by atoms with Crippen molar-refractivity contribution in [2.24, 2.45) is 5.92 Å². The molecule has 21 heavy (non-hydrogen) atoms. The predicted molar refractivity (Wildman–Crippen MR) is 81.5 cm³/mol. The van der Waals surface area contributed by atoms with Crippen molar-refractivity contribution in [3.05, 3.63) is 28.7 Å². The van der Waals surface area contributed by atoms with E-state index in [2.05, 4.69) is 36.4 Å². The van der Waals surface area contributed by atoms with Crippen molar-refractivity contribution in [1.82, 2.24) is 20.4 Å². The molecule has 0 bridgehead atoms. The fraction of sp³-hybridized carbons (Fsp3) is 0.533. The van der Waals surface area contributed by atoms with Crippen LogP contribution in [0.3, 0.4) is 0 Å². The van der Waals surface area contributed by atoms with Crippen LogP contribution in [0, 0.1) is 5.92 Å². The van der Waals surface area contributed by atoms with Crippen LogP contribution in [0.5, 0.6) is 0 Å². The maximum atomic E-state index is 5.48. The van der Waals surface area contributed by atoms with Crippen LogP contribution < -0.4 is 5.32 Å². The van der Waals surface area contributed by atoms with E-state index in [-0.39, 0.29) is 6.04 Å². The monoisotopic (exact) mass is 348 g/mol. The van der Waals surface area contributed by atoms with E-state index in [0.29, 0.717) is 17.8 Å². The van der Waals surface area contributed by atoms with Crippen LogP contribution in [0.1, 0.15) is 44.0 Å². The molecule has 1 saturated heterocycles. The minimum Gasteiger partial charge on any atom is -0.337 e. The highest BCUT2D eigenvalue weighted by Gasteiger charge is 2.38. The Hall–Kier alpha value is -1.27. The van der Waals surface area contributed by atoms with Crippen molar-refractivity contribution < 1.29 is 4.52 Å². The number of nitrogens with zero attached hydrogens (tertiary/aromatic N) is 3. The molecule has 5 nitrogen and oxygen atoms in total. The molecule has 3 atom stereocenters. The molecular formula is C15H17BrN4O. The van der Waals surface area contributed by atoms with Gasteiger partial charge >= 0.3 is 0 Å².